The smallest absolute Gasteiger partial charge is 0.262 e. The van der Waals surface area contributed by atoms with Crippen LogP contribution in [0.25, 0.3) is 0 Å². The predicted octanol–water partition coefficient (Wildman–Crippen LogP) is 3.52. The van der Waals surface area contributed by atoms with Crippen LogP contribution < -0.4 is 0 Å². The summed E-state index contributed by atoms with van der Waals surface area (Å²) < 4.78 is 36.6. The van der Waals surface area contributed by atoms with Gasteiger partial charge in [-0.3, -0.25) is 4.79 Å². The first-order valence-corrected chi connectivity index (χ1v) is 8.92. The van der Waals surface area contributed by atoms with Crippen molar-refractivity contribution >= 4 is 37.2 Å². The van der Waals surface area contributed by atoms with Crippen molar-refractivity contribution in [2.45, 2.75) is 25.2 Å². The van der Waals surface area contributed by atoms with E-state index in [1.807, 2.05) is 13.8 Å². The molecule has 21 heavy (non-hydrogen) atoms. The summed E-state index contributed by atoms with van der Waals surface area (Å²) in [5, 5.41) is -0.358. The SMILES string of the molecule is CC(C)CCN(C)C(=O)c1cc(S(=O)(=O)Cl)c(Cl)cc1F. The van der Waals surface area contributed by atoms with E-state index < -0.39 is 25.7 Å². The highest BCUT2D eigenvalue weighted by Crippen LogP contribution is 2.28. The molecule has 0 saturated carbocycles. The predicted molar refractivity (Wildman–Crippen MR) is 80.9 cm³/mol. The minimum atomic E-state index is -4.15. The molecule has 118 valence electrons. The molecule has 8 heteroatoms. The Kier molecular flexibility index (Phi) is 6.01. The van der Waals surface area contributed by atoms with Gasteiger partial charge in [-0.25, -0.2) is 12.8 Å². The summed E-state index contributed by atoms with van der Waals surface area (Å²) in [5.41, 5.74) is -0.370. The Morgan fingerprint density at radius 2 is 1.95 bits per heavy atom. The van der Waals surface area contributed by atoms with Gasteiger partial charge in [-0.2, -0.15) is 0 Å². The second-order valence-electron chi connectivity index (χ2n) is 5.11. The Hall–Kier alpha value is -0.850. The molecular formula is C13H16Cl2FNO3S. The number of benzene rings is 1. The van der Waals surface area contributed by atoms with E-state index in [0.29, 0.717) is 12.5 Å². The Morgan fingerprint density at radius 1 is 1.38 bits per heavy atom. The fourth-order valence-electron chi connectivity index (χ4n) is 1.64. The number of hydrogen-bond donors (Lipinski definition) is 0. The van der Waals surface area contributed by atoms with Gasteiger partial charge in [-0.05, 0) is 24.5 Å². The zero-order chi connectivity index (χ0) is 16.4. The van der Waals surface area contributed by atoms with Gasteiger partial charge < -0.3 is 4.90 Å². The highest BCUT2D eigenvalue weighted by atomic mass is 35.7. The minimum absolute atomic E-state index is 0.358. The van der Waals surface area contributed by atoms with Crippen LogP contribution in [0, 0.1) is 11.7 Å². The first-order chi connectivity index (χ1) is 9.54. The lowest BCUT2D eigenvalue weighted by atomic mass is 10.1. The van der Waals surface area contributed by atoms with Crippen LogP contribution in [0.2, 0.25) is 5.02 Å². The summed E-state index contributed by atoms with van der Waals surface area (Å²) in [6.45, 7) is 4.43. The summed E-state index contributed by atoms with van der Waals surface area (Å²) in [6, 6.07) is 1.65. The van der Waals surface area contributed by atoms with Gasteiger partial charge >= 0.3 is 0 Å². The normalized spacial score (nSPS) is 11.8. The number of rotatable bonds is 5. The molecule has 0 saturated heterocycles. The highest BCUT2D eigenvalue weighted by Gasteiger charge is 2.23. The van der Waals surface area contributed by atoms with Crippen molar-refractivity contribution in [2.75, 3.05) is 13.6 Å². The largest absolute Gasteiger partial charge is 0.342 e. The van der Waals surface area contributed by atoms with E-state index in [1.54, 1.807) is 0 Å². The molecule has 1 aromatic carbocycles. The van der Waals surface area contributed by atoms with E-state index in [0.717, 1.165) is 18.6 Å². The lowest BCUT2D eigenvalue weighted by Gasteiger charge is -2.19. The molecule has 1 aromatic rings. The van der Waals surface area contributed by atoms with Gasteiger partial charge in [0.15, 0.2) is 0 Å². The third kappa shape index (κ3) is 4.83. The Balaban J connectivity index is 3.16. The molecular weight excluding hydrogens is 340 g/mol. The summed E-state index contributed by atoms with van der Waals surface area (Å²) in [5.74, 6) is -1.12. The third-order valence-electron chi connectivity index (χ3n) is 2.90. The van der Waals surface area contributed by atoms with E-state index >= 15 is 0 Å². The zero-order valence-corrected chi connectivity index (χ0v) is 14.2. The number of amides is 1. The first-order valence-electron chi connectivity index (χ1n) is 6.23. The number of hydrogen-bond acceptors (Lipinski definition) is 3. The molecule has 0 aliphatic carbocycles. The average Bonchev–Trinajstić information content (AvgIpc) is 2.33. The van der Waals surface area contributed by atoms with Crippen molar-refractivity contribution in [3.63, 3.8) is 0 Å². The second-order valence-corrected chi connectivity index (χ2v) is 8.05. The molecule has 0 spiro atoms. The van der Waals surface area contributed by atoms with E-state index in [1.165, 1.54) is 11.9 Å². The lowest BCUT2D eigenvalue weighted by Crippen LogP contribution is -2.29. The number of halogens is 3. The quantitative estimate of drug-likeness (QED) is 0.759. The first kappa shape index (κ1) is 18.2. The van der Waals surface area contributed by atoms with Crippen LogP contribution in [0.3, 0.4) is 0 Å². The molecule has 0 aromatic heterocycles. The fraction of sp³-hybridized carbons (Fsp3) is 0.462. The molecule has 0 aliphatic rings. The van der Waals surface area contributed by atoms with Gasteiger partial charge in [-0.15, -0.1) is 0 Å². The summed E-state index contributed by atoms with van der Waals surface area (Å²) in [6.07, 6.45) is 0.748. The van der Waals surface area contributed by atoms with Crippen LogP contribution in [0.5, 0.6) is 0 Å². The highest BCUT2D eigenvalue weighted by molar-refractivity contribution is 8.13. The molecule has 0 aliphatic heterocycles. The van der Waals surface area contributed by atoms with Gasteiger partial charge in [0.1, 0.15) is 10.7 Å². The molecule has 4 nitrogen and oxygen atoms in total. The average molecular weight is 356 g/mol. The summed E-state index contributed by atoms with van der Waals surface area (Å²) >= 11 is 5.64. The van der Waals surface area contributed by atoms with Gasteiger partial charge in [0.2, 0.25) is 0 Å². The molecule has 1 amide bonds. The van der Waals surface area contributed by atoms with Crippen molar-refractivity contribution in [1.29, 1.82) is 0 Å². The minimum Gasteiger partial charge on any atom is -0.342 e. The van der Waals surface area contributed by atoms with Gasteiger partial charge in [0.05, 0.1) is 10.6 Å². The van der Waals surface area contributed by atoms with Crippen LogP contribution in [-0.2, 0) is 9.05 Å². The van der Waals surface area contributed by atoms with Crippen LogP contribution >= 0.6 is 22.3 Å². The number of carbonyl (C=O) groups is 1. The number of carbonyl (C=O) groups excluding carboxylic acids is 1. The Morgan fingerprint density at radius 3 is 2.43 bits per heavy atom. The fourth-order valence-corrected chi connectivity index (χ4v) is 3.15. The maximum Gasteiger partial charge on any atom is 0.262 e. The Bertz CT molecular complexity index is 647. The topological polar surface area (TPSA) is 54.5 Å². The van der Waals surface area contributed by atoms with E-state index in [2.05, 4.69) is 0 Å². The Labute approximate surface area is 133 Å². The van der Waals surface area contributed by atoms with Gasteiger partial charge in [0, 0.05) is 24.3 Å². The lowest BCUT2D eigenvalue weighted by molar-refractivity contribution is 0.0784. The monoisotopic (exact) mass is 355 g/mol. The molecule has 0 N–H and O–H groups in total. The molecule has 0 fully saturated rings. The van der Waals surface area contributed by atoms with E-state index in [9.17, 15) is 17.6 Å². The molecule has 0 unspecified atom stereocenters. The van der Waals surface area contributed by atoms with Crippen molar-refractivity contribution in [1.82, 2.24) is 4.90 Å². The maximum absolute atomic E-state index is 13.9. The maximum atomic E-state index is 13.9. The summed E-state index contributed by atoms with van der Waals surface area (Å²) in [7, 11) is 2.58. The van der Waals surface area contributed by atoms with Crippen LogP contribution in [0.4, 0.5) is 4.39 Å². The molecule has 0 radical (unpaired) electrons. The number of nitrogens with zero attached hydrogens (tertiary/aromatic N) is 1. The third-order valence-corrected chi connectivity index (χ3v) is 4.69. The van der Waals surface area contributed by atoms with E-state index in [4.69, 9.17) is 22.3 Å². The van der Waals surface area contributed by atoms with Crippen LogP contribution in [0.1, 0.15) is 30.6 Å². The van der Waals surface area contributed by atoms with Crippen molar-refractivity contribution in [2.24, 2.45) is 5.92 Å². The zero-order valence-electron chi connectivity index (χ0n) is 11.9. The molecule has 1 rings (SSSR count). The molecule has 0 atom stereocenters. The van der Waals surface area contributed by atoms with Crippen molar-refractivity contribution in [3.8, 4) is 0 Å². The van der Waals surface area contributed by atoms with Crippen molar-refractivity contribution in [3.05, 3.63) is 28.5 Å². The van der Waals surface area contributed by atoms with Gasteiger partial charge in [0.25, 0.3) is 15.0 Å². The van der Waals surface area contributed by atoms with Gasteiger partial charge in [-0.1, -0.05) is 25.4 Å². The van der Waals surface area contributed by atoms with Crippen LogP contribution in [-0.4, -0.2) is 32.8 Å². The second kappa shape index (κ2) is 6.94. The van der Waals surface area contributed by atoms with Crippen LogP contribution in [0.15, 0.2) is 17.0 Å². The van der Waals surface area contributed by atoms with E-state index in [-0.39, 0.29) is 10.6 Å². The summed E-state index contributed by atoms with van der Waals surface area (Å²) in [4.78, 5) is 13.0. The molecule has 0 heterocycles. The van der Waals surface area contributed by atoms with Crippen molar-refractivity contribution < 1.29 is 17.6 Å². The standard InChI is InChI=1S/C13H16Cl2FNO3S/c1-8(2)4-5-17(3)13(18)9-6-12(21(15,19)20)10(14)7-11(9)16/h6-8H,4-5H2,1-3H3. The molecule has 0 bridgehead atoms.